The highest BCUT2D eigenvalue weighted by molar-refractivity contribution is 6.31. The molecule has 0 spiro atoms. The van der Waals surface area contributed by atoms with Crippen LogP contribution >= 0.6 is 0 Å². The Hall–Kier alpha value is -4.39. The zero-order valence-corrected chi connectivity index (χ0v) is 29.1. The van der Waals surface area contributed by atoms with E-state index in [0.29, 0.717) is 5.56 Å². The number of aliphatic hydroxyl groups is 5. The zero-order valence-electron chi connectivity index (χ0n) is 29.1. The molecule has 278 valence electrons. The number of ether oxygens (including phenoxy) is 5. The predicted octanol–water partition coefficient (Wildman–Crippen LogP) is -0.567. The number of aliphatic hydroxyl groups excluding tert-OH is 4. The van der Waals surface area contributed by atoms with Crippen molar-refractivity contribution < 1.29 is 73.2 Å². The molecule has 8 atom stereocenters. The van der Waals surface area contributed by atoms with Gasteiger partial charge in [-0.25, -0.2) is 4.79 Å². The molecule has 0 saturated carbocycles. The first-order chi connectivity index (χ1) is 24.6. The number of methoxy groups -OCH3 is 4. The summed E-state index contributed by atoms with van der Waals surface area (Å²) < 4.78 is 27.3. The number of carbonyl (C=O) groups is 5. The first-order valence-corrected chi connectivity index (χ1v) is 16.3. The molecule has 0 amide bonds. The standard InChI is InChI=1S/C36H39NO15/c1-13-7-15-8-22(41)36(51-6)32(45)25-17(31(44)35(36,47)26(15)18(11-38)23(13)34(46)50-5)9-16-24(30(25)49-4)21(40)10-20(27(16)42)37-33-19(12-39)28(43)29(48-3)14(2)52-33/h7,9-10,14,19,22,28-29,33,37-39,41,43,47H,8,11-12H2,1-6H3/t14-,19+,22+,28-,29-,33-,35-,36+/m0/s1. The number of esters is 1. The van der Waals surface area contributed by atoms with E-state index in [2.05, 4.69) is 5.32 Å². The first kappa shape index (κ1) is 37.4. The van der Waals surface area contributed by atoms with E-state index in [1.54, 1.807) is 6.92 Å². The van der Waals surface area contributed by atoms with Gasteiger partial charge in [-0.1, -0.05) is 6.07 Å². The average molecular weight is 726 g/mol. The van der Waals surface area contributed by atoms with E-state index in [9.17, 15) is 49.5 Å². The number of fused-ring (bicyclic) bond motifs is 5. The molecular weight excluding hydrogens is 686 g/mol. The fourth-order valence-electron chi connectivity index (χ4n) is 8.40. The van der Waals surface area contributed by atoms with Crippen LogP contribution in [-0.4, -0.2) is 126 Å². The van der Waals surface area contributed by atoms with Crippen molar-refractivity contribution in [3.05, 3.63) is 74.0 Å². The maximum Gasteiger partial charge on any atom is 0.338 e. The summed E-state index contributed by atoms with van der Waals surface area (Å²) >= 11 is 0. The second-order valence-corrected chi connectivity index (χ2v) is 13.2. The molecular formula is C36H39NO15. The molecule has 16 nitrogen and oxygen atoms in total. The normalized spacial score (nSPS) is 30.9. The van der Waals surface area contributed by atoms with Crippen molar-refractivity contribution in [2.75, 3.05) is 35.0 Å². The number of carbonyl (C=O) groups excluding carboxylic acids is 5. The highest BCUT2D eigenvalue weighted by Crippen LogP contribution is 2.55. The summed E-state index contributed by atoms with van der Waals surface area (Å²) in [5, 5.41) is 58.6. The fraction of sp³-hybridized carbons (Fsp3) is 0.472. The van der Waals surface area contributed by atoms with Gasteiger partial charge in [0.2, 0.25) is 17.3 Å². The molecule has 1 aliphatic heterocycles. The van der Waals surface area contributed by atoms with Crippen molar-refractivity contribution in [2.45, 2.75) is 68.7 Å². The molecule has 4 aliphatic rings. The van der Waals surface area contributed by atoms with Crippen LogP contribution in [0.3, 0.4) is 0 Å². The topological polar surface area (TPSA) is 245 Å². The van der Waals surface area contributed by atoms with Crippen LogP contribution in [0.25, 0.3) is 0 Å². The van der Waals surface area contributed by atoms with E-state index >= 15 is 0 Å². The van der Waals surface area contributed by atoms with Crippen LogP contribution in [0, 0.1) is 12.8 Å². The lowest BCUT2D eigenvalue weighted by Crippen LogP contribution is -2.73. The summed E-state index contributed by atoms with van der Waals surface area (Å²) in [5.41, 5.74) is -8.49. The lowest BCUT2D eigenvalue weighted by atomic mass is 9.56. The van der Waals surface area contributed by atoms with Gasteiger partial charge in [0.1, 0.15) is 18.1 Å². The molecule has 1 heterocycles. The second kappa shape index (κ2) is 13.2. The third kappa shape index (κ3) is 4.79. The van der Waals surface area contributed by atoms with Gasteiger partial charge in [-0.3, -0.25) is 19.2 Å². The highest BCUT2D eigenvalue weighted by atomic mass is 16.6. The Kier molecular flexibility index (Phi) is 9.51. The quantitative estimate of drug-likeness (QED) is 0.187. The Labute approximate surface area is 296 Å². The van der Waals surface area contributed by atoms with Crippen LogP contribution in [0.5, 0.6) is 5.75 Å². The SMILES string of the molecule is COC(=O)c1c(C)cc2c(c1CO)[C@]1(O)C(=O)c3cc4c(c(OC)c3C(=O)[C@]1(OC)[C@H](O)C2)C(=O)C=C(N[C@H]1O[C@@H](C)[C@H](OC)[C@@H](O)[C@H]1CO)C4=O. The molecule has 16 heteroatoms. The van der Waals surface area contributed by atoms with Gasteiger partial charge in [-0.05, 0) is 36.6 Å². The third-order valence-corrected chi connectivity index (χ3v) is 10.8. The number of ketones is 4. The number of allylic oxidation sites excluding steroid dienone is 2. The van der Waals surface area contributed by atoms with Crippen molar-refractivity contribution in [1.29, 1.82) is 0 Å². The van der Waals surface area contributed by atoms with Gasteiger partial charge >= 0.3 is 5.97 Å². The van der Waals surface area contributed by atoms with E-state index in [0.717, 1.165) is 33.5 Å². The molecule has 0 aromatic heterocycles. The first-order valence-electron chi connectivity index (χ1n) is 16.3. The minimum atomic E-state index is -3.10. The molecule has 1 saturated heterocycles. The van der Waals surface area contributed by atoms with Gasteiger partial charge in [0, 0.05) is 43.4 Å². The number of benzene rings is 2. The van der Waals surface area contributed by atoms with Gasteiger partial charge in [0.15, 0.2) is 17.0 Å². The van der Waals surface area contributed by atoms with E-state index in [1.165, 1.54) is 20.1 Å². The summed E-state index contributed by atoms with van der Waals surface area (Å²) in [7, 11) is 4.55. The van der Waals surface area contributed by atoms with Crippen molar-refractivity contribution in [2.24, 2.45) is 5.92 Å². The molecule has 6 N–H and O–H groups in total. The highest BCUT2D eigenvalue weighted by Gasteiger charge is 2.72. The fourth-order valence-corrected chi connectivity index (χ4v) is 8.40. The van der Waals surface area contributed by atoms with Crippen LogP contribution in [-0.2, 0) is 37.6 Å². The molecule has 52 heavy (non-hydrogen) atoms. The van der Waals surface area contributed by atoms with Crippen LogP contribution < -0.4 is 10.1 Å². The summed E-state index contributed by atoms with van der Waals surface area (Å²) in [6.45, 7) is 1.65. The molecule has 1 fully saturated rings. The zero-order chi connectivity index (χ0) is 38.2. The van der Waals surface area contributed by atoms with Gasteiger partial charge in [0.25, 0.3) is 0 Å². The number of rotatable bonds is 8. The van der Waals surface area contributed by atoms with Crippen LogP contribution in [0.4, 0.5) is 0 Å². The molecule has 2 aromatic rings. The summed E-state index contributed by atoms with van der Waals surface area (Å²) in [4.78, 5) is 70.5. The van der Waals surface area contributed by atoms with Crippen LogP contribution in [0.1, 0.15) is 81.0 Å². The van der Waals surface area contributed by atoms with Crippen molar-refractivity contribution >= 4 is 29.1 Å². The number of hydrogen-bond acceptors (Lipinski definition) is 16. The number of aryl methyl sites for hydroxylation is 1. The van der Waals surface area contributed by atoms with Gasteiger partial charge in [0.05, 0.1) is 74.1 Å². The number of nitrogens with one attached hydrogen (secondary N) is 1. The maximum absolute atomic E-state index is 14.9. The largest absolute Gasteiger partial charge is 0.495 e. The van der Waals surface area contributed by atoms with Gasteiger partial charge in [-0.2, -0.15) is 0 Å². The van der Waals surface area contributed by atoms with E-state index < -0.39 is 118 Å². The summed E-state index contributed by atoms with van der Waals surface area (Å²) in [6, 6.07) is 2.38. The molecule has 0 bridgehead atoms. The Morgan fingerprint density at radius 2 is 1.71 bits per heavy atom. The summed E-state index contributed by atoms with van der Waals surface area (Å²) in [6.07, 6.45) is -5.24. The maximum atomic E-state index is 14.9. The molecule has 0 unspecified atom stereocenters. The minimum Gasteiger partial charge on any atom is -0.495 e. The van der Waals surface area contributed by atoms with Gasteiger partial charge < -0.3 is 54.5 Å². The Bertz CT molecular complexity index is 1950. The monoisotopic (exact) mass is 725 g/mol. The lowest BCUT2D eigenvalue weighted by Gasteiger charge is -2.53. The van der Waals surface area contributed by atoms with E-state index in [1.807, 2.05) is 0 Å². The Balaban J connectivity index is 1.55. The Morgan fingerprint density at radius 1 is 1.02 bits per heavy atom. The second-order valence-electron chi connectivity index (χ2n) is 13.2. The van der Waals surface area contributed by atoms with Crippen molar-refractivity contribution in [3.63, 3.8) is 0 Å². The molecule has 2 aromatic carbocycles. The van der Waals surface area contributed by atoms with Crippen LogP contribution in [0.15, 0.2) is 23.9 Å². The third-order valence-electron chi connectivity index (χ3n) is 10.8. The molecule has 0 radical (unpaired) electrons. The average Bonchev–Trinajstić information content (AvgIpc) is 3.11. The number of hydrogen-bond donors (Lipinski definition) is 6. The number of Topliss-reactive ketones (excluding diaryl/α,β-unsaturated/α-hetero) is 3. The van der Waals surface area contributed by atoms with Crippen LogP contribution in [0.2, 0.25) is 0 Å². The smallest absolute Gasteiger partial charge is 0.338 e. The van der Waals surface area contributed by atoms with Crippen molar-refractivity contribution in [3.8, 4) is 5.75 Å². The van der Waals surface area contributed by atoms with Crippen molar-refractivity contribution in [1.82, 2.24) is 5.32 Å². The minimum absolute atomic E-state index is 0.130. The predicted molar refractivity (Wildman–Crippen MR) is 175 cm³/mol. The lowest BCUT2D eigenvalue weighted by molar-refractivity contribution is -0.214. The summed E-state index contributed by atoms with van der Waals surface area (Å²) in [5.74, 6) is -6.54. The van der Waals surface area contributed by atoms with Gasteiger partial charge in [-0.15, -0.1) is 0 Å². The van der Waals surface area contributed by atoms with E-state index in [-0.39, 0.29) is 34.4 Å². The van der Waals surface area contributed by atoms with E-state index in [4.69, 9.17) is 23.7 Å². The molecule has 6 rings (SSSR count). The Morgan fingerprint density at radius 3 is 2.29 bits per heavy atom. The molecule has 3 aliphatic carbocycles.